The fourth-order valence-corrected chi connectivity index (χ4v) is 2.52. The van der Waals surface area contributed by atoms with Crippen LogP contribution in [0.25, 0.3) is 0 Å². The Morgan fingerprint density at radius 2 is 1.64 bits per heavy atom. The molecular formula is C22H22N2O4. The van der Waals surface area contributed by atoms with Gasteiger partial charge in [0.1, 0.15) is 11.5 Å². The van der Waals surface area contributed by atoms with Crippen molar-refractivity contribution in [3.63, 3.8) is 0 Å². The van der Waals surface area contributed by atoms with Gasteiger partial charge in [0.25, 0.3) is 5.91 Å². The average molecular weight is 378 g/mol. The zero-order chi connectivity index (χ0) is 19.6. The molecule has 28 heavy (non-hydrogen) atoms. The Hall–Kier alpha value is -3.54. The van der Waals surface area contributed by atoms with E-state index in [0.29, 0.717) is 31.0 Å². The third-order valence-corrected chi connectivity index (χ3v) is 4.05. The second kappa shape index (κ2) is 9.97. The smallest absolute Gasteiger partial charge is 0.251 e. The van der Waals surface area contributed by atoms with Crippen LogP contribution in [0, 0.1) is 0 Å². The van der Waals surface area contributed by atoms with Crippen LogP contribution in [0.15, 0.2) is 77.4 Å². The minimum atomic E-state index is -0.176. The Kier molecular flexibility index (Phi) is 6.84. The van der Waals surface area contributed by atoms with Crippen LogP contribution in [0.4, 0.5) is 0 Å². The first-order chi connectivity index (χ1) is 13.7. The van der Waals surface area contributed by atoms with Gasteiger partial charge in [-0.15, -0.1) is 0 Å². The summed E-state index contributed by atoms with van der Waals surface area (Å²) in [6.45, 7) is 1.07. The van der Waals surface area contributed by atoms with Crippen molar-refractivity contribution in [1.29, 1.82) is 0 Å². The van der Waals surface area contributed by atoms with Crippen LogP contribution in [0.2, 0.25) is 0 Å². The standard InChI is InChI=1S/C22H22N2O4/c25-21(12-14-28-19-5-2-1-3-6-19)23-15-17-8-10-18(11-9-17)22(26)24-16-20-7-4-13-27-20/h1-11,13H,12,14-16H2,(H,23,25)(H,24,26). The molecule has 3 aromatic rings. The fourth-order valence-electron chi connectivity index (χ4n) is 2.52. The van der Waals surface area contributed by atoms with E-state index in [0.717, 1.165) is 11.3 Å². The molecule has 0 fully saturated rings. The van der Waals surface area contributed by atoms with Gasteiger partial charge in [-0.3, -0.25) is 9.59 Å². The van der Waals surface area contributed by atoms with Gasteiger partial charge in [-0.25, -0.2) is 0 Å². The number of para-hydroxylation sites is 1. The van der Waals surface area contributed by atoms with Gasteiger partial charge in [0.05, 0.1) is 25.8 Å². The first-order valence-corrected chi connectivity index (χ1v) is 9.05. The molecule has 3 rings (SSSR count). The summed E-state index contributed by atoms with van der Waals surface area (Å²) in [6, 6.07) is 20.1. The van der Waals surface area contributed by atoms with E-state index in [2.05, 4.69) is 10.6 Å². The summed E-state index contributed by atoms with van der Waals surface area (Å²) in [7, 11) is 0. The summed E-state index contributed by atoms with van der Waals surface area (Å²) in [5.41, 5.74) is 1.47. The normalized spacial score (nSPS) is 10.3. The molecule has 0 saturated carbocycles. The van der Waals surface area contributed by atoms with Crippen LogP contribution in [-0.2, 0) is 17.9 Å². The van der Waals surface area contributed by atoms with Crippen molar-refractivity contribution in [2.45, 2.75) is 19.5 Å². The van der Waals surface area contributed by atoms with Gasteiger partial charge >= 0.3 is 0 Å². The summed E-state index contributed by atoms with van der Waals surface area (Å²) in [6.07, 6.45) is 1.85. The van der Waals surface area contributed by atoms with Gasteiger partial charge in [0.15, 0.2) is 0 Å². The second-order valence-corrected chi connectivity index (χ2v) is 6.15. The van der Waals surface area contributed by atoms with E-state index in [1.54, 1.807) is 30.5 Å². The third kappa shape index (κ3) is 6.02. The molecule has 6 nitrogen and oxygen atoms in total. The molecule has 0 saturated heterocycles. The van der Waals surface area contributed by atoms with Crippen LogP contribution < -0.4 is 15.4 Å². The summed E-state index contributed by atoms with van der Waals surface area (Å²) in [5.74, 6) is 1.18. The number of ether oxygens (including phenoxy) is 1. The van der Waals surface area contributed by atoms with Crippen molar-refractivity contribution < 1.29 is 18.7 Å². The minimum Gasteiger partial charge on any atom is -0.493 e. The predicted molar refractivity (Wildman–Crippen MR) is 105 cm³/mol. The maximum atomic E-state index is 12.1. The Labute approximate surface area is 163 Å². The van der Waals surface area contributed by atoms with Crippen molar-refractivity contribution in [3.8, 4) is 5.75 Å². The molecule has 0 radical (unpaired) electrons. The summed E-state index contributed by atoms with van der Waals surface area (Å²) in [5, 5.41) is 5.64. The van der Waals surface area contributed by atoms with Crippen molar-refractivity contribution in [3.05, 3.63) is 89.9 Å². The fraction of sp³-hybridized carbons (Fsp3) is 0.182. The molecule has 0 unspecified atom stereocenters. The zero-order valence-corrected chi connectivity index (χ0v) is 15.4. The highest BCUT2D eigenvalue weighted by molar-refractivity contribution is 5.94. The van der Waals surface area contributed by atoms with Crippen LogP contribution in [0.5, 0.6) is 5.75 Å². The van der Waals surface area contributed by atoms with E-state index < -0.39 is 0 Å². The highest BCUT2D eigenvalue weighted by Crippen LogP contribution is 2.09. The lowest BCUT2D eigenvalue weighted by Gasteiger charge is -2.08. The molecule has 0 atom stereocenters. The molecule has 2 N–H and O–H groups in total. The minimum absolute atomic E-state index is 0.0869. The van der Waals surface area contributed by atoms with Crippen molar-refractivity contribution in [1.82, 2.24) is 10.6 Å². The lowest BCUT2D eigenvalue weighted by Crippen LogP contribution is -2.25. The number of hydrogen-bond acceptors (Lipinski definition) is 4. The second-order valence-electron chi connectivity index (χ2n) is 6.15. The first kappa shape index (κ1) is 19.2. The number of hydrogen-bond donors (Lipinski definition) is 2. The molecule has 0 aliphatic heterocycles. The molecule has 0 spiro atoms. The Morgan fingerprint density at radius 1 is 0.857 bits per heavy atom. The van der Waals surface area contributed by atoms with Gasteiger partial charge < -0.3 is 19.8 Å². The zero-order valence-electron chi connectivity index (χ0n) is 15.4. The molecule has 0 bridgehead atoms. The van der Waals surface area contributed by atoms with Crippen molar-refractivity contribution >= 4 is 11.8 Å². The number of carbonyl (C=O) groups excluding carboxylic acids is 2. The molecule has 144 valence electrons. The van der Waals surface area contributed by atoms with Gasteiger partial charge in [-0.1, -0.05) is 30.3 Å². The van der Waals surface area contributed by atoms with Gasteiger partial charge in [0, 0.05) is 12.1 Å². The molecule has 0 aliphatic carbocycles. The summed E-state index contributed by atoms with van der Waals surface area (Å²) < 4.78 is 10.7. The lowest BCUT2D eigenvalue weighted by molar-refractivity contribution is -0.121. The Balaban J connectivity index is 1.37. The van der Waals surface area contributed by atoms with E-state index in [-0.39, 0.29) is 18.2 Å². The predicted octanol–water partition coefficient (Wildman–Crippen LogP) is 3.29. The van der Waals surface area contributed by atoms with Gasteiger partial charge in [-0.2, -0.15) is 0 Å². The van der Waals surface area contributed by atoms with Gasteiger partial charge in [0.2, 0.25) is 5.91 Å². The first-order valence-electron chi connectivity index (χ1n) is 9.05. The number of carbonyl (C=O) groups is 2. The molecule has 2 amide bonds. The van der Waals surface area contributed by atoms with Gasteiger partial charge in [-0.05, 0) is 42.0 Å². The highest BCUT2D eigenvalue weighted by atomic mass is 16.5. The largest absolute Gasteiger partial charge is 0.493 e. The van der Waals surface area contributed by atoms with Crippen LogP contribution in [-0.4, -0.2) is 18.4 Å². The van der Waals surface area contributed by atoms with Crippen LogP contribution in [0.1, 0.15) is 28.1 Å². The number of amides is 2. The van der Waals surface area contributed by atoms with Crippen molar-refractivity contribution in [2.24, 2.45) is 0 Å². The molecule has 2 aromatic carbocycles. The molecule has 1 aromatic heterocycles. The molecule has 6 heteroatoms. The quantitative estimate of drug-likeness (QED) is 0.599. The Bertz CT molecular complexity index is 875. The average Bonchev–Trinajstić information content (AvgIpc) is 3.25. The topological polar surface area (TPSA) is 80.6 Å². The molecule has 0 aliphatic rings. The highest BCUT2D eigenvalue weighted by Gasteiger charge is 2.07. The number of furan rings is 1. The van der Waals surface area contributed by atoms with Crippen molar-refractivity contribution in [2.75, 3.05) is 6.61 Å². The molecular weight excluding hydrogens is 356 g/mol. The van der Waals surface area contributed by atoms with E-state index in [1.165, 1.54) is 0 Å². The van der Waals surface area contributed by atoms with E-state index >= 15 is 0 Å². The van der Waals surface area contributed by atoms with Crippen LogP contribution in [0.3, 0.4) is 0 Å². The molecule has 1 heterocycles. The number of nitrogens with one attached hydrogen (secondary N) is 2. The number of benzene rings is 2. The third-order valence-electron chi connectivity index (χ3n) is 4.05. The maximum absolute atomic E-state index is 12.1. The number of rotatable bonds is 9. The Morgan fingerprint density at radius 3 is 2.36 bits per heavy atom. The maximum Gasteiger partial charge on any atom is 0.251 e. The van der Waals surface area contributed by atoms with E-state index in [4.69, 9.17) is 9.15 Å². The van der Waals surface area contributed by atoms with E-state index in [9.17, 15) is 9.59 Å². The van der Waals surface area contributed by atoms with E-state index in [1.807, 2.05) is 42.5 Å². The SMILES string of the molecule is O=C(CCOc1ccccc1)NCc1ccc(C(=O)NCc2ccco2)cc1. The van der Waals surface area contributed by atoms with Crippen LogP contribution >= 0.6 is 0 Å². The summed E-state index contributed by atoms with van der Waals surface area (Å²) >= 11 is 0. The monoisotopic (exact) mass is 378 g/mol. The lowest BCUT2D eigenvalue weighted by atomic mass is 10.1. The summed E-state index contributed by atoms with van der Waals surface area (Å²) in [4.78, 5) is 24.0.